The van der Waals surface area contributed by atoms with Crippen LogP contribution in [0, 0.1) is 5.92 Å². The Bertz CT molecular complexity index is 529. The summed E-state index contributed by atoms with van der Waals surface area (Å²) in [4.78, 5) is 23.8. The van der Waals surface area contributed by atoms with E-state index in [9.17, 15) is 9.59 Å². The number of para-hydroxylation sites is 1. The Morgan fingerprint density at radius 1 is 1.36 bits per heavy atom. The number of nitrogens with one attached hydrogen (secondary N) is 1. The van der Waals surface area contributed by atoms with Gasteiger partial charge in [-0.05, 0) is 24.8 Å². The highest BCUT2D eigenvalue weighted by Crippen LogP contribution is 2.30. The number of carboxylic acids is 1. The summed E-state index contributed by atoms with van der Waals surface area (Å²) in [6.07, 6.45) is 2.39. The van der Waals surface area contributed by atoms with Crippen LogP contribution in [0.25, 0.3) is 0 Å². The number of benzene rings is 1. The molecule has 2 rings (SSSR count). The van der Waals surface area contributed by atoms with Crippen molar-refractivity contribution < 1.29 is 19.4 Å². The third-order valence-electron chi connectivity index (χ3n) is 3.58. The van der Waals surface area contributed by atoms with Gasteiger partial charge in [0.2, 0.25) is 0 Å². The summed E-state index contributed by atoms with van der Waals surface area (Å²) in [7, 11) is 1.58. The summed E-state index contributed by atoms with van der Waals surface area (Å²) < 4.78 is 5.79. The maximum absolute atomic E-state index is 11.9. The van der Waals surface area contributed by atoms with Gasteiger partial charge in [-0.15, -0.1) is 0 Å². The van der Waals surface area contributed by atoms with Gasteiger partial charge >= 0.3 is 12.0 Å². The molecule has 1 aliphatic rings. The Hall–Kier alpha value is -2.24. The smallest absolute Gasteiger partial charge is 0.317 e. The van der Waals surface area contributed by atoms with Crippen molar-refractivity contribution in [2.24, 2.45) is 5.92 Å². The van der Waals surface area contributed by atoms with Gasteiger partial charge in [-0.1, -0.05) is 18.2 Å². The van der Waals surface area contributed by atoms with Gasteiger partial charge in [0.25, 0.3) is 0 Å². The molecule has 2 N–H and O–H groups in total. The van der Waals surface area contributed by atoms with Crippen molar-refractivity contribution in [3.05, 3.63) is 29.8 Å². The highest BCUT2D eigenvalue weighted by atomic mass is 16.5. The molecule has 0 aliphatic heterocycles. The van der Waals surface area contributed by atoms with Crippen LogP contribution in [0.2, 0.25) is 0 Å². The van der Waals surface area contributed by atoms with Gasteiger partial charge in [0.15, 0.2) is 0 Å². The summed E-state index contributed by atoms with van der Waals surface area (Å²) in [5.41, 5.74) is 0.920. The topological polar surface area (TPSA) is 78.9 Å². The molecule has 0 saturated heterocycles. The van der Waals surface area contributed by atoms with Crippen LogP contribution in [0.3, 0.4) is 0 Å². The zero-order valence-electron chi connectivity index (χ0n) is 12.7. The molecule has 1 aromatic rings. The lowest BCUT2D eigenvalue weighted by Crippen LogP contribution is -2.38. The average molecular weight is 306 g/mol. The molecule has 0 spiro atoms. The number of aliphatic carboxylic acids is 1. The third kappa shape index (κ3) is 5.27. The summed E-state index contributed by atoms with van der Waals surface area (Å²) >= 11 is 0. The SMILES string of the molecule is CN(CCC(=O)O)C(=O)NCc1ccccc1OCC1CC1. The van der Waals surface area contributed by atoms with Crippen LogP contribution >= 0.6 is 0 Å². The maximum Gasteiger partial charge on any atom is 0.317 e. The second-order valence-corrected chi connectivity index (χ2v) is 5.59. The van der Waals surface area contributed by atoms with Gasteiger partial charge in [-0.2, -0.15) is 0 Å². The van der Waals surface area contributed by atoms with Crippen LogP contribution in [0.4, 0.5) is 4.79 Å². The molecule has 1 saturated carbocycles. The van der Waals surface area contributed by atoms with Crippen LogP contribution in [-0.2, 0) is 11.3 Å². The van der Waals surface area contributed by atoms with E-state index >= 15 is 0 Å². The van der Waals surface area contributed by atoms with Crippen molar-refractivity contribution in [3.8, 4) is 5.75 Å². The van der Waals surface area contributed by atoms with Crippen LogP contribution < -0.4 is 10.1 Å². The van der Waals surface area contributed by atoms with Crippen LogP contribution in [-0.4, -0.2) is 42.2 Å². The number of urea groups is 1. The number of hydrogen-bond acceptors (Lipinski definition) is 3. The minimum Gasteiger partial charge on any atom is -0.493 e. The second kappa shape index (κ2) is 7.68. The fraction of sp³-hybridized carbons (Fsp3) is 0.500. The van der Waals surface area contributed by atoms with Crippen molar-refractivity contribution in [1.29, 1.82) is 0 Å². The molecule has 2 amide bonds. The monoisotopic (exact) mass is 306 g/mol. The highest BCUT2D eigenvalue weighted by molar-refractivity contribution is 5.75. The summed E-state index contributed by atoms with van der Waals surface area (Å²) in [6, 6.07) is 7.34. The molecule has 0 bridgehead atoms. The molecular weight excluding hydrogens is 284 g/mol. The van der Waals surface area contributed by atoms with E-state index in [1.54, 1.807) is 7.05 Å². The Morgan fingerprint density at radius 3 is 2.77 bits per heavy atom. The van der Waals surface area contributed by atoms with Crippen LogP contribution in [0.5, 0.6) is 5.75 Å². The van der Waals surface area contributed by atoms with Gasteiger partial charge in [-0.25, -0.2) is 4.79 Å². The first-order chi connectivity index (χ1) is 10.6. The molecule has 1 fully saturated rings. The van der Waals surface area contributed by atoms with Gasteiger partial charge < -0.3 is 20.1 Å². The molecule has 6 nitrogen and oxygen atoms in total. The predicted octanol–water partition coefficient (Wildman–Crippen LogP) is 2.09. The molecule has 120 valence electrons. The van der Waals surface area contributed by atoms with E-state index in [0.717, 1.165) is 17.9 Å². The fourth-order valence-corrected chi connectivity index (χ4v) is 1.95. The predicted molar refractivity (Wildman–Crippen MR) is 81.8 cm³/mol. The van der Waals surface area contributed by atoms with Crippen LogP contribution in [0.15, 0.2) is 24.3 Å². The number of amides is 2. The quantitative estimate of drug-likeness (QED) is 0.771. The lowest BCUT2D eigenvalue weighted by Gasteiger charge is -2.18. The first kappa shape index (κ1) is 16.1. The van der Waals surface area contributed by atoms with Gasteiger partial charge in [0.1, 0.15) is 5.75 Å². The van der Waals surface area contributed by atoms with E-state index in [-0.39, 0.29) is 19.0 Å². The normalized spacial score (nSPS) is 13.5. The first-order valence-corrected chi connectivity index (χ1v) is 7.47. The molecule has 22 heavy (non-hydrogen) atoms. The molecule has 0 radical (unpaired) electrons. The first-order valence-electron chi connectivity index (χ1n) is 7.47. The number of rotatable bonds is 8. The van der Waals surface area contributed by atoms with E-state index in [1.807, 2.05) is 24.3 Å². The Kier molecular flexibility index (Phi) is 5.63. The standard InChI is InChI=1S/C16H22N2O4/c1-18(9-8-15(19)20)16(21)17-10-13-4-2-3-5-14(13)22-11-12-6-7-12/h2-5,12H,6-11H2,1H3,(H,17,21)(H,19,20). The molecule has 1 aliphatic carbocycles. The molecule has 1 aromatic carbocycles. The van der Waals surface area contributed by atoms with Crippen molar-refractivity contribution >= 4 is 12.0 Å². The molecule has 6 heteroatoms. The molecule has 0 heterocycles. The van der Waals surface area contributed by atoms with E-state index in [0.29, 0.717) is 12.5 Å². The van der Waals surface area contributed by atoms with Gasteiger partial charge in [0, 0.05) is 25.7 Å². The Morgan fingerprint density at radius 2 is 2.09 bits per heavy atom. The van der Waals surface area contributed by atoms with Crippen molar-refractivity contribution in [2.75, 3.05) is 20.2 Å². The van der Waals surface area contributed by atoms with Crippen molar-refractivity contribution in [2.45, 2.75) is 25.8 Å². The Balaban J connectivity index is 1.82. The van der Waals surface area contributed by atoms with Crippen LogP contribution in [0.1, 0.15) is 24.8 Å². The maximum atomic E-state index is 11.9. The lowest BCUT2D eigenvalue weighted by atomic mass is 10.2. The number of carbonyl (C=O) groups excluding carboxylic acids is 1. The third-order valence-corrected chi connectivity index (χ3v) is 3.58. The van der Waals surface area contributed by atoms with E-state index in [4.69, 9.17) is 9.84 Å². The Labute approximate surface area is 130 Å². The van der Waals surface area contributed by atoms with Crippen molar-refractivity contribution in [1.82, 2.24) is 10.2 Å². The zero-order valence-corrected chi connectivity index (χ0v) is 12.7. The van der Waals surface area contributed by atoms with Gasteiger partial charge in [-0.3, -0.25) is 4.79 Å². The minimum atomic E-state index is -0.918. The fourth-order valence-electron chi connectivity index (χ4n) is 1.95. The number of carboxylic acid groups (broad SMARTS) is 1. The second-order valence-electron chi connectivity index (χ2n) is 5.59. The molecule has 0 atom stereocenters. The minimum absolute atomic E-state index is 0.0645. The largest absolute Gasteiger partial charge is 0.493 e. The van der Waals surface area contributed by atoms with Gasteiger partial charge in [0.05, 0.1) is 13.0 Å². The average Bonchev–Trinajstić information content (AvgIpc) is 3.33. The summed E-state index contributed by atoms with van der Waals surface area (Å²) in [6.45, 7) is 1.27. The summed E-state index contributed by atoms with van der Waals surface area (Å²) in [5, 5.41) is 11.4. The number of carbonyl (C=O) groups is 2. The number of hydrogen-bond donors (Lipinski definition) is 2. The van der Waals surface area contributed by atoms with E-state index < -0.39 is 5.97 Å². The zero-order chi connectivity index (χ0) is 15.9. The molecule has 0 unspecified atom stereocenters. The summed E-state index contributed by atoms with van der Waals surface area (Å²) in [5.74, 6) is 0.547. The highest BCUT2D eigenvalue weighted by Gasteiger charge is 2.22. The molecular formula is C16H22N2O4. The van der Waals surface area contributed by atoms with Crippen molar-refractivity contribution in [3.63, 3.8) is 0 Å². The number of nitrogens with zero attached hydrogens (tertiary/aromatic N) is 1. The molecule has 0 aromatic heterocycles. The van der Waals surface area contributed by atoms with E-state index in [2.05, 4.69) is 5.32 Å². The lowest BCUT2D eigenvalue weighted by molar-refractivity contribution is -0.137. The number of ether oxygens (including phenoxy) is 1. The van der Waals surface area contributed by atoms with E-state index in [1.165, 1.54) is 17.7 Å².